The van der Waals surface area contributed by atoms with Crippen molar-refractivity contribution in [1.29, 1.82) is 10.5 Å². The third kappa shape index (κ3) is 4.88. The van der Waals surface area contributed by atoms with Gasteiger partial charge in [-0.15, -0.1) is 0 Å². The van der Waals surface area contributed by atoms with Crippen LogP contribution in [-0.2, 0) is 5.41 Å². The maximum atomic E-state index is 10.0. The molecule has 0 spiro atoms. The van der Waals surface area contributed by atoms with Crippen molar-refractivity contribution in [3.05, 3.63) is 222 Å². The molecule has 0 radical (unpaired) electrons. The molecule has 1 aliphatic rings. The van der Waals surface area contributed by atoms with Crippen LogP contribution in [0.4, 0.5) is 17.1 Å². The van der Waals surface area contributed by atoms with Crippen LogP contribution < -0.4 is 4.90 Å². The van der Waals surface area contributed by atoms with Crippen LogP contribution in [0.1, 0.15) is 33.4 Å². The number of fused-ring (bicyclic) bond motifs is 5. The quantitative estimate of drug-likeness (QED) is 0.179. The van der Waals surface area contributed by atoms with Crippen LogP contribution >= 0.6 is 0 Å². The summed E-state index contributed by atoms with van der Waals surface area (Å²) in [5, 5.41) is 22.2. The fourth-order valence-corrected chi connectivity index (χ4v) is 8.73. The number of aromatic nitrogens is 2. The van der Waals surface area contributed by atoms with E-state index in [9.17, 15) is 10.5 Å². The summed E-state index contributed by atoms with van der Waals surface area (Å²) in [5.74, 6) is 0. The zero-order valence-electron chi connectivity index (χ0n) is 29.6. The van der Waals surface area contributed by atoms with E-state index in [0.29, 0.717) is 11.1 Å². The minimum absolute atomic E-state index is 0.438. The fourth-order valence-electron chi connectivity index (χ4n) is 8.73. The molecule has 2 aromatic heterocycles. The molecule has 1 aliphatic heterocycles. The van der Waals surface area contributed by atoms with Gasteiger partial charge < -0.3 is 9.47 Å². The Morgan fingerprint density at radius 1 is 0.473 bits per heavy atom. The first-order valence-electron chi connectivity index (χ1n) is 18.2. The van der Waals surface area contributed by atoms with Crippen molar-refractivity contribution in [2.45, 2.75) is 5.41 Å². The lowest BCUT2D eigenvalue weighted by molar-refractivity contribution is 0.731. The van der Waals surface area contributed by atoms with Gasteiger partial charge >= 0.3 is 0 Å². The number of benzene rings is 7. The van der Waals surface area contributed by atoms with Crippen LogP contribution in [0.2, 0.25) is 0 Å². The Hall–Kier alpha value is -7.73. The van der Waals surface area contributed by atoms with Crippen LogP contribution in [-0.4, -0.2) is 9.55 Å². The molecule has 7 aromatic carbocycles. The zero-order chi connectivity index (χ0) is 36.9. The summed E-state index contributed by atoms with van der Waals surface area (Å²) in [6, 6.07) is 66.0. The lowest BCUT2D eigenvalue weighted by Crippen LogP contribution is -2.37. The molecule has 10 rings (SSSR count). The minimum atomic E-state index is -0.602. The normalized spacial score (nSPS) is 12.8. The third-order valence-corrected chi connectivity index (χ3v) is 10.9. The molecule has 0 atom stereocenters. The van der Waals surface area contributed by atoms with Gasteiger partial charge in [-0.05, 0) is 94.0 Å². The number of nitriles is 2. The fraction of sp³-hybridized carbons (Fsp3) is 0.0200. The zero-order valence-corrected chi connectivity index (χ0v) is 29.6. The molecule has 0 bridgehead atoms. The van der Waals surface area contributed by atoms with Crippen LogP contribution in [0.15, 0.2) is 188 Å². The van der Waals surface area contributed by atoms with Gasteiger partial charge in [0.05, 0.1) is 51.1 Å². The highest BCUT2D eigenvalue weighted by atomic mass is 15.2. The first kappa shape index (κ1) is 32.0. The Morgan fingerprint density at radius 3 is 1.64 bits per heavy atom. The van der Waals surface area contributed by atoms with E-state index in [4.69, 9.17) is 0 Å². The second kappa shape index (κ2) is 12.7. The van der Waals surface area contributed by atoms with Gasteiger partial charge in [0, 0.05) is 34.5 Å². The van der Waals surface area contributed by atoms with Gasteiger partial charge in [0.25, 0.3) is 0 Å². The maximum absolute atomic E-state index is 10.0. The molecule has 0 aliphatic carbocycles. The van der Waals surface area contributed by atoms with E-state index < -0.39 is 5.41 Å². The van der Waals surface area contributed by atoms with Crippen LogP contribution in [0.25, 0.3) is 38.6 Å². The summed E-state index contributed by atoms with van der Waals surface area (Å²) in [6.45, 7) is 0. The molecule has 0 unspecified atom stereocenters. The van der Waals surface area contributed by atoms with Crippen LogP contribution in [0, 0.1) is 22.7 Å². The summed E-state index contributed by atoms with van der Waals surface area (Å²) < 4.78 is 2.29. The molecule has 0 N–H and O–H groups in total. The van der Waals surface area contributed by atoms with Crippen molar-refractivity contribution < 1.29 is 0 Å². The molecule has 3 heterocycles. The number of hydrogen-bond acceptors (Lipinski definition) is 4. The van der Waals surface area contributed by atoms with Gasteiger partial charge in [0.1, 0.15) is 0 Å². The molecular weight excluding hydrogens is 671 g/mol. The Morgan fingerprint density at radius 2 is 1.00 bits per heavy atom. The molecule has 256 valence electrons. The first-order valence-corrected chi connectivity index (χ1v) is 18.2. The number of pyridine rings is 1. The average molecular weight is 702 g/mol. The van der Waals surface area contributed by atoms with Crippen LogP contribution in [0.5, 0.6) is 0 Å². The number of hydrogen-bond donors (Lipinski definition) is 0. The van der Waals surface area contributed by atoms with Crippen molar-refractivity contribution in [3.8, 4) is 29.0 Å². The van der Waals surface area contributed by atoms with E-state index >= 15 is 0 Å². The monoisotopic (exact) mass is 701 g/mol. The smallest absolute Gasteiger partial charge is 0.0992 e. The predicted molar refractivity (Wildman–Crippen MR) is 220 cm³/mol. The van der Waals surface area contributed by atoms with E-state index in [1.165, 1.54) is 22.3 Å². The lowest BCUT2D eigenvalue weighted by Gasteiger charge is -2.46. The van der Waals surface area contributed by atoms with Gasteiger partial charge in [-0.25, -0.2) is 0 Å². The summed E-state index contributed by atoms with van der Waals surface area (Å²) in [5.41, 5.74) is 12.8. The van der Waals surface area contributed by atoms with E-state index in [2.05, 4.69) is 184 Å². The molecule has 0 saturated heterocycles. The predicted octanol–water partition coefficient (Wildman–Crippen LogP) is 11.8. The molecule has 5 heteroatoms. The van der Waals surface area contributed by atoms with E-state index in [1.807, 2.05) is 24.5 Å². The van der Waals surface area contributed by atoms with Gasteiger partial charge in [-0.2, -0.15) is 10.5 Å². The molecule has 0 fully saturated rings. The second-order valence-electron chi connectivity index (χ2n) is 13.9. The molecule has 0 saturated carbocycles. The number of nitrogens with zero attached hydrogens (tertiary/aromatic N) is 5. The summed E-state index contributed by atoms with van der Waals surface area (Å²) in [6.07, 6.45) is 3.76. The van der Waals surface area contributed by atoms with Gasteiger partial charge in [-0.1, -0.05) is 115 Å². The van der Waals surface area contributed by atoms with Crippen molar-refractivity contribution >= 4 is 38.9 Å². The molecule has 9 aromatic rings. The SMILES string of the molecule is N#Cc1cc(C#N)cc(-c2cc(N3c4ccccc4C(c4ccccc4)(c4ccccc4)c4ccccc43)cc(-n3c4ccccc4c4cnccc43)c2)c1. The largest absolute Gasteiger partial charge is 0.310 e. The average Bonchev–Trinajstić information content (AvgIpc) is 3.60. The number of rotatable bonds is 5. The number of para-hydroxylation sites is 3. The number of anilines is 3. The second-order valence-corrected chi connectivity index (χ2v) is 13.9. The van der Waals surface area contributed by atoms with E-state index in [-0.39, 0.29) is 0 Å². The molecular formula is C50H31N5. The van der Waals surface area contributed by atoms with Crippen LogP contribution in [0.3, 0.4) is 0 Å². The highest BCUT2D eigenvalue weighted by Gasteiger charge is 2.46. The van der Waals surface area contributed by atoms with E-state index in [1.54, 1.807) is 6.07 Å². The summed E-state index contributed by atoms with van der Waals surface area (Å²) in [4.78, 5) is 6.87. The van der Waals surface area contributed by atoms with Gasteiger partial charge in [0.2, 0.25) is 0 Å². The topological polar surface area (TPSA) is 68.6 Å². The maximum Gasteiger partial charge on any atom is 0.0992 e. The Balaban J connectivity index is 1.31. The molecule has 55 heavy (non-hydrogen) atoms. The molecule has 5 nitrogen and oxygen atoms in total. The highest BCUT2D eigenvalue weighted by Crippen LogP contribution is 2.58. The van der Waals surface area contributed by atoms with Crippen molar-refractivity contribution in [1.82, 2.24) is 9.55 Å². The lowest BCUT2D eigenvalue weighted by atomic mass is 9.62. The van der Waals surface area contributed by atoms with Crippen molar-refractivity contribution in [3.63, 3.8) is 0 Å². The van der Waals surface area contributed by atoms with Gasteiger partial charge in [0.15, 0.2) is 0 Å². The summed E-state index contributed by atoms with van der Waals surface area (Å²) in [7, 11) is 0. The molecule has 0 amide bonds. The third-order valence-electron chi connectivity index (χ3n) is 10.9. The van der Waals surface area contributed by atoms with Crippen molar-refractivity contribution in [2.75, 3.05) is 4.90 Å². The Bertz CT molecular complexity index is 2850. The highest BCUT2D eigenvalue weighted by molar-refractivity contribution is 6.09. The summed E-state index contributed by atoms with van der Waals surface area (Å²) >= 11 is 0. The Kier molecular flexibility index (Phi) is 7.40. The van der Waals surface area contributed by atoms with E-state index in [0.717, 1.165) is 55.7 Å². The van der Waals surface area contributed by atoms with Gasteiger partial charge in [-0.3, -0.25) is 4.98 Å². The van der Waals surface area contributed by atoms with Crippen molar-refractivity contribution in [2.24, 2.45) is 0 Å². The Labute approximate surface area is 318 Å². The standard InChI is InChI=1S/C50H31N5/c51-31-34-25-35(32-52)27-36(26-34)37-28-40(54-46-20-10-7-17-42(46)43-33-53-24-23-47(43)54)30-41(29-37)55-48-21-11-8-18-44(48)50(38-13-3-1-4-14-38,39-15-5-2-6-16-39)45-19-9-12-22-49(45)55/h1-30,33H. The minimum Gasteiger partial charge on any atom is -0.310 e. The first-order chi connectivity index (χ1) is 27.2.